The molecular weight excluding hydrogens is 358 g/mol. The summed E-state index contributed by atoms with van der Waals surface area (Å²) >= 11 is 0. The minimum atomic E-state index is -0.504. The van der Waals surface area contributed by atoms with Gasteiger partial charge in [-0.2, -0.15) is 0 Å². The highest BCUT2D eigenvalue weighted by molar-refractivity contribution is 5.57. The van der Waals surface area contributed by atoms with Gasteiger partial charge in [-0.05, 0) is 48.4 Å². The fourth-order valence-corrected chi connectivity index (χ4v) is 4.86. The molecule has 0 bridgehead atoms. The summed E-state index contributed by atoms with van der Waals surface area (Å²) in [6.07, 6.45) is 0.0635. The van der Waals surface area contributed by atoms with E-state index in [-0.39, 0.29) is 12.0 Å². The van der Waals surface area contributed by atoms with Crippen LogP contribution in [0.25, 0.3) is 0 Å². The summed E-state index contributed by atoms with van der Waals surface area (Å²) in [5.41, 5.74) is 4.47. The molecule has 3 atom stereocenters. The van der Waals surface area contributed by atoms with Gasteiger partial charge in [-0.15, -0.1) is 0 Å². The second-order valence-electron chi connectivity index (χ2n) is 7.43. The Morgan fingerprint density at radius 2 is 1.57 bits per heavy atom. The van der Waals surface area contributed by atoms with Gasteiger partial charge >= 0.3 is 0 Å². The van der Waals surface area contributed by atoms with Crippen LogP contribution in [0.3, 0.4) is 0 Å². The van der Waals surface area contributed by atoms with E-state index in [1.807, 2.05) is 12.1 Å². The lowest BCUT2D eigenvalue weighted by atomic mass is 9.70. The number of benzene rings is 2. The zero-order chi connectivity index (χ0) is 20.0. The first-order chi connectivity index (χ1) is 13.5. The predicted molar refractivity (Wildman–Crippen MR) is 106 cm³/mol. The van der Waals surface area contributed by atoms with Gasteiger partial charge in [0.25, 0.3) is 0 Å². The molecule has 0 spiro atoms. The highest BCUT2D eigenvalue weighted by Gasteiger charge is 2.44. The Kier molecular flexibility index (Phi) is 4.85. The Hall–Kier alpha value is -2.44. The van der Waals surface area contributed by atoms with Gasteiger partial charge in [0.2, 0.25) is 0 Å². The van der Waals surface area contributed by atoms with Gasteiger partial charge in [0.15, 0.2) is 23.0 Å². The third-order valence-corrected chi connectivity index (χ3v) is 6.07. The minimum Gasteiger partial charge on any atom is -0.493 e. The van der Waals surface area contributed by atoms with Crippen LogP contribution < -0.4 is 18.9 Å². The molecule has 2 aliphatic rings. The Morgan fingerprint density at radius 3 is 2.21 bits per heavy atom. The second-order valence-corrected chi connectivity index (χ2v) is 7.43. The smallest absolute Gasteiger partial charge is 0.165 e. The lowest BCUT2D eigenvalue weighted by Gasteiger charge is -2.47. The largest absolute Gasteiger partial charge is 0.493 e. The van der Waals surface area contributed by atoms with Gasteiger partial charge in [0.05, 0.1) is 34.5 Å². The topological polar surface area (TPSA) is 60.4 Å². The van der Waals surface area contributed by atoms with Crippen molar-refractivity contribution in [1.82, 2.24) is 4.90 Å². The molecule has 1 N–H and O–H groups in total. The quantitative estimate of drug-likeness (QED) is 0.873. The molecule has 0 fully saturated rings. The first-order valence-electron chi connectivity index (χ1n) is 9.40. The number of methoxy groups -OCH3 is 4. The van der Waals surface area contributed by atoms with Gasteiger partial charge in [-0.1, -0.05) is 6.07 Å². The highest BCUT2D eigenvalue weighted by Crippen LogP contribution is 2.53. The molecule has 1 aliphatic heterocycles. The Balaban J connectivity index is 1.88. The van der Waals surface area contributed by atoms with Crippen molar-refractivity contribution in [3.8, 4) is 23.0 Å². The standard InChI is InChI=1S/C22H27NO5/c1-23-11-15-13(6-7-17(25-2)22(15)28-5)20-16(24)8-12-9-18(26-3)19(27-4)10-14(12)21(20)23/h6-7,9-10,16,20-21,24H,8,11H2,1-5H3/t16-,20?,21?/m1/s1. The third kappa shape index (κ3) is 2.71. The Labute approximate surface area is 165 Å². The molecule has 0 radical (unpaired) electrons. The maximum atomic E-state index is 11.1. The van der Waals surface area contributed by atoms with Crippen LogP contribution in [0, 0.1) is 0 Å². The molecular formula is C22H27NO5. The Bertz CT molecular complexity index is 893. The predicted octanol–water partition coefficient (Wildman–Crippen LogP) is 2.91. The second kappa shape index (κ2) is 7.18. The van der Waals surface area contributed by atoms with E-state index in [2.05, 4.69) is 24.1 Å². The fraction of sp³-hybridized carbons (Fsp3) is 0.455. The number of hydrogen-bond donors (Lipinski definition) is 1. The van der Waals surface area contributed by atoms with Crippen molar-refractivity contribution in [3.05, 3.63) is 46.5 Å². The van der Waals surface area contributed by atoms with Gasteiger partial charge in [0.1, 0.15) is 0 Å². The monoisotopic (exact) mass is 385 g/mol. The van der Waals surface area contributed by atoms with Crippen molar-refractivity contribution < 1.29 is 24.1 Å². The summed E-state index contributed by atoms with van der Waals surface area (Å²) < 4.78 is 22.1. The maximum Gasteiger partial charge on any atom is 0.165 e. The average Bonchev–Trinajstić information content (AvgIpc) is 2.71. The molecule has 0 aromatic heterocycles. The van der Waals surface area contributed by atoms with E-state index in [0.717, 1.165) is 22.4 Å². The molecule has 2 aromatic rings. The van der Waals surface area contributed by atoms with E-state index in [0.29, 0.717) is 30.2 Å². The number of fused-ring (bicyclic) bond motifs is 5. The van der Waals surface area contributed by atoms with Crippen LogP contribution in [0.2, 0.25) is 0 Å². The van der Waals surface area contributed by atoms with Crippen LogP contribution in [0.1, 0.15) is 34.2 Å². The van der Waals surface area contributed by atoms with Crippen LogP contribution in [-0.4, -0.2) is 51.6 Å². The SMILES string of the molecule is COc1cc2c(cc1OC)C1C(c3ccc(OC)c(OC)c3CN1C)[C@H](O)C2. The van der Waals surface area contributed by atoms with Gasteiger partial charge in [-0.3, -0.25) is 4.90 Å². The molecule has 2 unspecified atom stereocenters. The first-order valence-corrected chi connectivity index (χ1v) is 9.40. The molecule has 1 aliphatic carbocycles. The molecule has 1 heterocycles. The van der Waals surface area contributed by atoms with Crippen molar-refractivity contribution in [3.63, 3.8) is 0 Å². The van der Waals surface area contributed by atoms with Crippen molar-refractivity contribution in [2.24, 2.45) is 0 Å². The van der Waals surface area contributed by atoms with E-state index in [4.69, 9.17) is 18.9 Å². The van der Waals surface area contributed by atoms with Crippen molar-refractivity contribution in [2.45, 2.75) is 31.0 Å². The van der Waals surface area contributed by atoms with Crippen LogP contribution in [0.5, 0.6) is 23.0 Å². The molecule has 0 saturated heterocycles. The number of hydrogen-bond acceptors (Lipinski definition) is 6. The summed E-state index contributed by atoms with van der Waals surface area (Å²) in [6.45, 7) is 0.706. The zero-order valence-corrected chi connectivity index (χ0v) is 17.0. The van der Waals surface area contributed by atoms with Gasteiger partial charge < -0.3 is 24.1 Å². The number of likely N-dealkylation sites (N-methyl/N-ethyl adjacent to an activating group) is 1. The molecule has 0 saturated carbocycles. The maximum absolute atomic E-state index is 11.1. The van der Waals surface area contributed by atoms with Crippen molar-refractivity contribution in [2.75, 3.05) is 35.5 Å². The van der Waals surface area contributed by atoms with Crippen LogP contribution in [0.15, 0.2) is 24.3 Å². The lowest BCUT2D eigenvalue weighted by molar-refractivity contribution is 0.0589. The summed E-state index contributed by atoms with van der Waals surface area (Å²) in [7, 11) is 8.67. The third-order valence-electron chi connectivity index (χ3n) is 6.07. The van der Waals surface area contributed by atoms with E-state index in [1.54, 1.807) is 28.4 Å². The number of nitrogens with zero attached hydrogens (tertiary/aromatic N) is 1. The summed E-state index contributed by atoms with van der Waals surface area (Å²) in [5.74, 6) is 2.81. The van der Waals surface area contributed by atoms with E-state index < -0.39 is 6.10 Å². The van der Waals surface area contributed by atoms with Crippen LogP contribution in [0.4, 0.5) is 0 Å². The van der Waals surface area contributed by atoms with E-state index >= 15 is 0 Å². The normalized spacial score (nSPS) is 23.3. The average molecular weight is 385 g/mol. The highest BCUT2D eigenvalue weighted by atomic mass is 16.5. The number of rotatable bonds is 4. The fourth-order valence-electron chi connectivity index (χ4n) is 4.86. The molecule has 28 heavy (non-hydrogen) atoms. The van der Waals surface area contributed by atoms with Crippen molar-refractivity contribution in [1.29, 1.82) is 0 Å². The summed E-state index contributed by atoms with van der Waals surface area (Å²) in [5, 5.41) is 11.1. The summed E-state index contributed by atoms with van der Waals surface area (Å²) in [4.78, 5) is 2.27. The molecule has 0 amide bonds. The number of ether oxygens (including phenoxy) is 4. The Morgan fingerprint density at radius 1 is 0.893 bits per heavy atom. The summed E-state index contributed by atoms with van der Waals surface area (Å²) in [6, 6.07) is 8.09. The molecule has 2 aromatic carbocycles. The van der Waals surface area contributed by atoms with Crippen LogP contribution >= 0.6 is 0 Å². The van der Waals surface area contributed by atoms with E-state index in [1.165, 1.54) is 5.56 Å². The van der Waals surface area contributed by atoms with Crippen molar-refractivity contribution >= 4 is 0 Å². The number of aliphatic hydroxyl groups excluding tert-OH is 1. The first kappa shape index (κ1) is 18.9. The van der Waals surface area contributed by atoms with Crippen LogP contribution in [-0.2, 0) is 13.0 Å². The molecule has 6 heteroatoms. The van der Waals surface area contributed by atoms with Gasteiger partial charge in [-0.25, -0.2) is 0 Å². The zero-order valence-electron chi connectivity index (χ0n) is 17.0. The molecule has 4 rings (SSSR count). The number of aliphatic hydroxyl groups is 1. The molecule has 150 valence electrons. The lowest BCUT2D eigenvalue weighted by Crippen LogP contribution is -2.43. The molecule has 6 nitrogen and oxygen atoms in total. The van der Waals surface area contributed by atoms with Gasteiger partial charge in [0, 0.05) is 24.1 Å². The van der Waals surface area contributed by atoms with E-state index in [9.17, 15) is 5.11 Å². The minimum absolute atomic E-state index is 0.0455.